The third-order valence-electron chi connectivity index (χ3n) is 4.86. The standard InChI is InChI=1S/C22H23N4OS/c1-15(2)19-5-20(21-8-24-13-27-21)12-26(11-19)10-16(3)17-4-18(7-23-6-17)22-9-25-14-28-22/h4-9,11-16H,10H2,1-3H3/q+1/t16-/m0/s1. The van der Waals surface area contributed by atoms with Gasteiger partial charge < -0.3 is 4.42 Å². The molecule has 0 amide bonds. The van der Waals surface area contributed by atoms with E-state index in [2.05, 4.69) is 64.8 Å². The molecule has 0 aromatic carbocycles. The number of rotatable bonds is 6. The lowest BCUT2D eigenvalue weighted by molar-refractivity contribution is -0.699. The molecule has 0 saturated heterocycles. The molecule has 1 atom stereocenters. The maximum absolute atomic E-state index is 5.52. The molecule has 6 heteroatoms. The van der Waals surface area contributed by atoms with Crippen LogP contribution in [0.15, 0.2) is 65.6 Å². The highest BCUT2D eigenvalue weighted by molar-refractivity contribution is 7.13. The van der Waals surface area contributed by atoms with Crippen LogP contribution in [0.4, 0.5) is 0 Å². The topological polar surface area (TPSA) is 55.7 Å². The Bertz CT molecular complexity index is 1040. The number of aromatic nitrogens is 4. The van der Waals surface area contributed by atoms with Crippen molar-refractivity contribution in [1.29, 1.82) is 0 Å². The first kappa shape index (κ1) is 18.5. The molecule has 0 fully saturated rings. The van der Waals surface area contributed by atoms with E-state index in [9.17, 15) is 0 Å². The fourth-order valence-electron chi connectivity index (χ4n) is 3.22. The lowest BCUT2D eigenvalue weighted by atomic mass is 9.99. The van der Waals surface area contributed by atoms with Gasteiger partial charge in [-0.1, -0.05) is 20.8 Å². The second kappa shape index (κ2) is 8.02. The van der Waals surface area contributed by atoms with Crippen molar-refractivity contribution in [3.05, 3.63) is 72.3 Å². The van der Waals surface area contributed by atoms with Crippen LogP contribution in [0.2, 0.25) is 0 Å². The van der Waals surface area contributed by atoms with E-state index in [0.717, 1.165) is 28.3 Å². The lowest BCUT2D eigenvalue weighted by Gasteiger charge is -2.12. The van der Waals surface area contributed by atoms with Crippen LogP contribution in [0.3, 0.4) is 0 Å². The van der Waals surface area contributed by atoms with E-state index in [4.69, 9.17) is 4.42 Å². The average Bonchev–Trinajstić information content (AvgIpc) is 3.42. The van der Waals surface area contributed by atoms with E-state index < -0.39 is 0 Å². The van der Waals surface area contributed by atoms with Crippen LogP contribution in [0.1, 0.15) is 43.7 Å². The minimum atomic E-state index is 0.315. The van der Waals surface area contributed by atoms with E-state index in [1.165, 1.54) is 17.5 Å². The molecular formula is C22H23N4OS+. The summed E-state index contributed by atoms with van der Waals surface area (Å²) in [5.74, 6) is 1.54. The fourth-order valence-corrected chi connectivity index (χ4v) is 3.82. The normalized spacial score (nSPS) is 12.4. The lowest BCUT2D eigenvalue weighted by Crippen LogP contribution is -2.36. The van der Waals surface area contributed by atoms with Gasteiger partial charge in [0.25, 0.3) is 0 Å². The molecule has 4 heterocycles. The quantitative estimate of drug-likeness (QED) is 0.430. The van der Waals surface area contributed by atoms with Gasteiger partial charge in [0.05, 0.1) is 22.1 Å². The molecule has 0 aliphatic carbocycles. The van der Waals surface area contributed by atoms with Crippen LogP contribution >= 0.6 is 11.3 Å². The van der Waals surface area contributed by atoms with Gasteiger partial charge >= 0.3 is 0 Å². The number of hydrogen-bond acceptors (Lipinski definition) is 5. The van der Waals surface area contributed by atoms with Gasteiger partial charge in [-0.3, -0.25) is 9.97 Å². The fraction of sp³-hybridized carbons (Fsp3) is 0.273. The molecule has 0 N–H and O–H groups in total. The average molecular weight is 392 g/mol. The van der Waals surface area contributed by atoms with Gasteiger partial charge in [0, 0.05) is 35.6 Å². The van der Waals surface area contributed by atoms with Gasteiger partial charge in [-0.2, -0.15) is 0 Å². The van der Waals surface area contributed by atoms with E-state index >= 15 is 0 Å². The van der Waals surface area contributed by atoms with Gasteiger partial charge in [0.2, 0.25) is 0 Å². The molecule has 4 aromatic heterocycles. The summed E-state index contributed by atoms with van der Waals surface area (Å²) in [7, 11) is 0. The smallest absolute Gasteiger partial charge is 0.181 e. The Kier molecular flexibility index (Phi) is 5.30. The molecular weight excluding hydrogens is 368 g/mol. The van der Waals surface area contributed by atoms with Crippen LogP contribution in [0.25, 0.3) is 21.8 Å². The molecule has 4 aromatic rings. The van der Waals surface area contributed by atoms with Gasteiger partial charge in [-0.25, -0.2) is 9.55 Å². The highest BCUT2D eigenvalue weighted by atomic mass is 32.1. The first-order valence-electron chi connectivity index (χ1n) is 9.37. The maximum Gasteiger partial charge on any atom is 0.181 e. The highest BCUT2D eigenvalue weighted by Crippen LogP contribution is 2.26. The third-order valence-corrected chi connectivity index (χ3v) is 5.68. The summed E-state index contributed by atoms with van der Waals surface area (Å²) in [4.78, 5) is 13.8. The van der Waals surface area contributed by atoms with Crippen LogP contribution in [0, 0.1) is 0 Å². The van der Waals surface area contributed by atoms with Crippen LogP contribution < -0.4 is 4.57 Å². The molecule has 5 nitrogen and oxygen atoms in total. The second-order valence-corrected chi connectivity index (χ2v) is 8.24. The monoisotopic (exact) mass is 391 g/mol. The molecule has 4 rings (SSSR count). The highest BCUT2D eigenvalue weighted by Gasteiger charge is 2.18. The second-order valence-electron chi connectivity index (χ2n) is 7.35. The minimum absolute atomic E-state index is 0.315. The zero-order valence-corrected chi connectivity index (χ0v) is 17.1. The largest absolute Gasteiger partial charge is 0.443 e. The van der Waals surface area contributed by atoms with Gasteiger partial charge in [0.15, 0.2) is 31.1 Å². The van der Waals surface area contributed by atoms with E-state index in [1.807, 2.05) is 24.1 Å². The van der Waals surface area contributed by atoms with Crippen LogP contribution in [-0.4, -0.2) is 15.0 Å². The third kappa shape index (κ3) is 4.02. The van der Waals surface area contributed by atoms with Crippen molar-refractivity contribution in [2.75, 3.05) is 0 Å². The Morgan fingerprint density at radius 2 is 1.79 bits per heavy atom. The first-order valence-corrected chi connectivity index (χ1v) is 10.2. The Balaban J connectivity index is 1.62. The van der Waals surface area contributed by atoms with Gasteiger partial charge in [-0.15, -0.1) is 11.3 Å². The summed E-state index contributed by atoms with van der Waals surface area (Å²) in [6.07, 6.45) is 13.3. The first-order chi connectivity index (χ1) is 13.6. The van der Waals surface area contributed by atoms with Crippen molar-refractivity contribution in [3.8, 4) is 21.8 Å². The summed E-state index contributed by atoms with van der Waals surface area (Å²) >= 11 is 1.63. The Morgan fingerprint density at radius 1 is 0.929 bits per heavy atom. The molecule has 142 valence electrons. The molecule has 0 aliphatic rings. The zero-order chi connectivity index (χ0) is 19.5. The molecule has 0 bridgehead atoms. The summed E-state index contributed by atoms with van der Waals surface area (Å²) in [6.45, 7) is 7.50. The van der Waals surface area contributed by atoms with Crippen molar-refractivity contribution >= 4 is 11.3 Å². The Morgan fingerprint density at radius 3 is 2.50 bits per heavy atom. The van der Waals surface area contributed by atoms with Crippen molar-refractivity contribution in [2.24, 2.45) is 0 Å². The summed E-state index contributed by atoms with van der Waals surface area (Å²) in [5, 5.41) is 0. The van der Waals surface area contributed by atoms with Crippen molar-refractivity contribution in [1.82, 2.24) is 15.0 Å². The van der Waals surface area contributed by atoms with Gasteiger partial charge in [0.1, 0.15) is 0 Å². The number of hydrogen-bond donors (Lipinski definition) is 0. The van der Waals surface area contributed by atoms with E-state index in [0.29, 0.717) is 11.8 Å². The molecule has 0 radical (unpaired) electrons. The van der Waals surface area contributed by atoms with Gasteiger partial charge in [-0.05, 0) is 23.6 Å². The van der Waals surface area contributed by atoms with Crippen molar-refractivity contribution in [3.63, 3.8) is 0 Å². The maximum atomic E-state index is 5.52. The molecule has 0 unspecified atom stereocenters. The van der Waals surface area contributed by atoms with Crippen molar-refractivity contribution < 1.29 is 8.98 Å². The molecule has 0 aliphatic heterocycles. The summed E-state index contributed by atoms with van der Waals surface area (Å²) in [5.41, 5.74) is 6.51. The van der Waals surface area contributed by atoms with Crippen LogP contribution in [-0.2, 0) is 6.54 Å². The minimum Gasteiger partial charge on any atom is -0.443 e. The van der Waals surface area contributed by atoms with E-state index in [1.54, 1.807) is 17.5 Å². The number of nitrogens with zero attached hydrogens (tertiary/aromatic N) is 4. The Hall–Kier alpha value is -2.86. The SMILES string of the molecule is CC(C)c1cc(-c2cnco2)c[n+](C[C@H](C)c2cncc(-c3cncs3)c2)c1. The predicted molar refractivity (Wildman–Crippen MR) is 110 cm³/mol. The summed E-state index contributed by atoms with van der Waals surface area (Å²) < 4.78 is 7.76. The molecule has 0 spiro atoms. The van der Waals surface area contributed by atoms with Crippen LogP contribution in [0.5, 0.6) is 0 Å². The molecule has 28 heavy (non-hydrogen) atoms. The summed E-state index contributed by atoms with van der Waals surface area (Å²) in [6, 6.07) is 4.40. The predicted octanol–water partition coefficient (Wildman–Crippen LogP) is 5.07. The van der Waals surface area contributed by atoms with E-state index in [-0.39, 0.29) is 0 Å². The number of thiazole rings is 1. The number of oxazole rings is 1. The van der Waals surface area contributed by atoms with Crippen molar-refractivity contribution in [2.45, 2.75) is 39.2 Å². The zero-order valence-electron chi connectivity index (χ0n) is 16.2. The molecule has 0 saturated carbocycles. The number of pyridine rings is 2. The Labute approximate surface area is 168 Å².